The summed E-state index contributed by atoms with van der Waals surface area (Å²) in [6.07, 6.45) is 2.32. The van der Waals surface area contributed by atoms with Gasteiger partial charge in [0.25, 0.3) is 5.91 Å². The van der Waals surface area contributed by atoms with Gasteiger partial charge in [-0.1, -0.05) is 56.3 Å². The van der Waals surface area contributed by atoms with E-state index in [9.17, 15) is 9.59 Å². The molecule has 1 saturated heterocycles. The van der Waals surface area contributed by atoms with Gasteiger partial charge >= 0.3 is 0 Å². The third-order valence-electron chi connectivity index (χ3n) is 5.59. The molecule has 0 bridgehead atoms. The second kappa shape index (κ2) is 10.8. The van der Waals surface area contributed by atoms with E-state index < -0.39 is 0 Å². The van der Waals surface area contributed by atoms with E-state index in [1.165, 1.54) is 11.1 Å². The van der Waals surface area contributed by atoms with Crippen LogP contribution in [0, 0.1) is 0 Å². The van der Waals surface area contributed by atoms with Gasteiger partial charge in [-0.3, -0.25) is 9.59 Å². The first-order valence-corrected chi connectivity index (χ1v) is 10.8. The number of aryl methyl sites for hydroxylation is 1. The van der Waals surface area contributed by atoms with E-state index in [2.05, 4.69) is 26.0 Å². The van der Waals surface area contributed by atoms with Gasteiger partial charge in [-0.2, -0.15) is 0 Å². The van der Waals surface area contributed by atoms with Crippen molar-refractivity contribution in [3.8, 4) is 5.75 Å². The van der Waals surface area contributed by atoms with Gasteiger partial charge in [0.05, 0.1) is 0 Å². The molecule has 2 aromatic rings. The molecule has 30 heavy (non-hydrogen) atoms. The Morgan fingerprint density at radius 1 is 0.867 bits per heavy atom. The van der Waals surface area contributed by atoms with E-state index in [0.29, 0.717) is 44.3 Å². The number of nitrogens with zero attached hydrogens (tertiary/aromatic N) is 2. The molecule has 3 rings (SSSR count). The zero-order valence-corrected chi connectivity index (χ0v) is 18.0. The van der Waals surface area contributed by atoms with Crippen LogP contribution >= 0.6 is 0 Å². The fraction of sp³-hybridized carbons (Fsp3) is 0.440. The lowest BCUT2D eigenvalue weighted by atomic mass is 10.0. The average molecular weight is 409 g/mol. The maximum absolute atomic E-state index is 12.4. The van der Waals surface area contributed by atoms with Crippen LogP contribution in [-0.4, -0.2) is 54.4 Å². The summed E-state index contributed by atoms with van der Waals surface area (Å²) >= 11 is 0. The predicted octanol–water partition coefficient (Wildman–Crippen LogP) is 3.88. The Hall–Kier alpha value is -2.82. The molecule has 0 aliphatic carbocycles. The zero-order valence-electron chi connectivity index (χ0n) is 18.0. The molecule has 160 valence electrons. The normalized spacial score (nSPS) is 14.1. The van der Waals surface area contributed by atoms with Crippen LogP contribution in [0.2, 0.25) is 0 Å². The van der Waals surface area contributed by atoms with Gasteiger partial charge in [0.1, 0.15) is 5.75 Å². The van der Waals surface area contributed by atoms with E-state index >= 15 is 0 Å². The quantitative estimate of drug-likeness (QED) is 0.666. The van der Waals surface area contributed by atoms with E-state index in [4.69, 9.17) is 4.74 Å². The number of hydrogen-bond donors (Lipinski definition) is 0. The lowest BCUT2D eigenvalue weighted by molar-refractivity contribution is -0.140. The van der Waals surface area contributed by atoms with Gasteiger partial charge in [-0.25, -0.2) is 0 Å². The van der Waals surface area contributed by atoms with Crippen LogP contribution in [0.4, 0.5) is 0 Å². The van der Waals surface area contributed by atoms with Crippen molar-refractivity contribution in [1.29, 1.82) is 0 Å². The van der Waals surface area contributed by atoms with Gasteiger partial charge in [0, 0.05) is 32.6 Å². The topological polar surface area (TPSA) is 49.9 Å². The van der Waals surface area contributed by atoms with E-state index in [0.717, 1.165) is 12.8 Å². The minimum atomic E-state index is -0.0286. The van der Waals surface area contributed by atoms with E-state index in [1.54, 1.807) is 4.90 Å². The standard InChI is InChI=1S/C25H32N2O3/c1-20(2)22-11-13-23(14-12-22)30-19-25(29)27-17-15-26(16-18-27)24(28)10-6-9-21-7-4-3-5-8-21/h3-5,7-8,11-14,20H,6,9-10,15-19H2,1-2H3. The Morgan fingerprint density at radius 2 is 1.47 bits per heavy atom. The lowest BCUT2D eigenvalue weighted by Crippen LogP contribution is -2.51. The molecule has 0 unspecified atom stereocenters. The summed E-state index contributed by atoms with van der Waals surface area (Å²) in [5.74, 6) is 1.33. The maximum Gasteiger partial charge on any atom is 0.260 e. The Kier molecular flexibility index (Phi) is 7.89. The summed E-state index contributed by atoms with van der Waals surface area (Å²) in [7, 11) is 0. The highest BCUT2D eigenvalue weighted by Gasteiger charge is 2.24. The first-order chi connectivity index (χ1) is 14.5. The Morgan fingerprint density at radius 3 is 2.07 bits per heavy atom. The van der Waals surface area contributed by atoms with Crippen LogP contribution in [0.15, 0.2) is 54.6 Å². The predicted molar refractivity (Wildman–Crippen MR) is 119 cm³/mol. The first kappa shape index (κ1) is 21.9. The summed E-state index contributed by atoms with van der Waals surface area (Å²) in [5, 5.41) is 0. The van der Waals surface area contributed by atoms with Crippen molar-refractivity contribution in [3.05, 3.63) is 65.7 Å². The average Bonchev–Trinajstić information content (AvgIpc) is 2.78. The van der Waals surface area contributed by atoms with Crippen LogP contribution in [0.3, 0.4) is 0 Å². The molecule has 1 fully saturated rings. The molecule has 0 saturated carbocycles. The molecule has 2 aromatic carbocycles. The number of hydrogen-bond acceptors (Lipinski definition) is 3. The molecule has 0 radical (unpaired) electrons. The summed E-state index contributed by atoms with van der Waals surface area (Å²) in [4.78, 5) is 28.6. The largest absolute Gasteiger partial charge is 0.484 e. The third-order valence-corrected chi connectivity index (χ3v) is 5.59. The van der Waals surface area contributed by atoms with Crippen molar-refractivity contribution in [2.75, 3.05) is 32.8 Å². The number of piperazine rings is 1. The highest BCUT2D eigenvalue weighted by Crippen LogP contribution is 2.18. The second-order valence-electron chi connectivity index (χ2n) is 8.11. The number of ether oxygens (including phenoxy) is 1. The Labute approximate surface area is 179 Å². The Balaban J connectivity index is 1.35. The van der Waals surface area contributed by atoms with Gasteiger partial charge in [0.2, 0.25) is 5.91 Å². The van der Waals surface area contributed by atoms with Crippen molar-refractivity contribution in [2.24, 2.45) is 0 Å². The molecule has 5 heteroatoms. The molecule has 5 nitrogen and oxygen atoms in total. The third kappa shape index (κ3) is 6.34. The van der Waals surface area contributed by atoms with Gasteiger partial charge in [-0.15, -0.1) is 0 Å². The minimum absolute atomic E-state index is 0.0286. The van der Waals surface area contributed by atoms with Crippen LogP contribution in [-0.2, 0) is 16.0 Å². The van der Waals surface area contributed by atoms with Crippen molar-refractivity contribution in [3.63, 3.8) is 0 Å². The highest BCUT2D eigenvalue weighted by molar-refractivity contribution is 5.79. The van der Waals surface area contributed by atoms with Crippen LogP contribution in [0.25, 0.3) is 0 Å². The lowest BCUT2D eigenvalue weighted by Gasteiger charge is -2.34. The first-order valence-electron chi connectivity index (χ1n) is 10.8. The summed E-state index contributed by atoms with van der Waals surface area (Å²) < 4.78 is 5.65. The SMILES string of the molecule is CC(C)c1ccc(OCC(=O)N2CCN(C(=O)CCCc3ccccc3)CC2)cc1. The molecule has 2 amide bonds. The van der Waals surface area contributed by atoms with Gasteiger partial charge in [0.15, 0.2) is 6.61 Å². The van der Waals surface area contributed by atoms with E-state index in [-0.39, 0.29) is 18.4 Å². The molecule has 1 aliphatic heterocycles. The van der Waals surface area contributed by atoms with Crippen molar-refractivity contribution >= 4 is 11.8 Å². The van der Waals surface area contributed by atoms with Crippen LogP contribution in [0.1, 0.15) is 43.7 Å². The van der Waals surface area contributed by atoms with Crippen molar-refractivity contribution in [1.82, 2.24) is 9.80 Å². The highest BCUT2D eigenvalue weighted by atomic mass is 16.5. The molecule has 0 atom stereocenters. The second-order valence-corrected chi connectivity index (χ2v) is 8.11. The summed E-state index contributed by atoms with van der Waals surface area (Å²) in [5.41, 5.74) is 2.51. The number of carbonyl (C=O) groups excluding carboxylic acids is 2. The van der Waals surface area contributed by atoms with E-state index in [1.807, 2.05) is 47.4 Å². The van der Waals surface area contributed by atoms with Crippen molar-refractivity contribution < 1.29 is 14.3 Å². The number of carbonyl (C=O) groups is 2. The van der Waals surface area contributed by atoms with Gasteiger partial charge in [-0.05, 0) is 42.0 Å². The Bertz CT molecular complexity index is 810. The fourth-order valence-corrected chi connectivity index (χ4v) is 3.64. The fourth-order valence-electron chi connectivity index (χ4n) is 3.64. The summed E-state index contributed by atoms with van der Waals surface area (Å²) in [6, 6.07) is 18.1. The molecular formula is C25H32N2O3. The maximum atomic E-state index is 12.4. The minimum Gasteiger partial charge on any atom is -0.484 e. The van der Waals surface area contributed by atoms with Crippen molar-refractivity contribution in [2.45, 2.75) is 39.0 Å². The van der Waals surface area contributed by atoms with Gasteiger partial charge < -0.3 is 14.5 Å². The molecular weight excluding hydrogens is 376 g/mol. The number of amides is 2. The number of rotatable bonds is 8. The molecule has 1 heterocycles. The number of benzene rings is 2. The molecule has 0 N–H and O–H groups in total. The monoisotopic (exact) mass is 408 g/mol. The summed E-state index contributed by atoms with van der Waals surface area (Å²) in [6.45, 7) is 6.65. The molecule has 1 aliphatic rings. The molecule has 0 spiro atoms. The van der Waals surface area contributed by atoms with Crippen LogP contribution < -0.4 is 4.74 Å². The van der Waals surface area contributed by atoms with Crippen LogP contribution in [0.5, 0.6) is 5.75 Å². The smallest absolute Gasteiger partial charge is 0.260 e. The molecule has 0 aromatic heterocycles. The zero-order chi connectivity index (χ0) is 21.3.